The number of hydrogen-bond acceptors (Lipinski definition) is 5. The molecule has 1 heterocycles. The molecule has 2 aromatic carbocycles. The number of para-hydroxylation sites is 1. The summed E-state index contributed by atoms with van der Waals surface area (Å²) in [5.74, 6) is 0.653. The van der Waals surface area contributed by atoms with Gasteiger partial charge in [0, 0.05) is 28.8 Å². The minimum absolute atomic E-state index is 0.105. The van der Waals surface area contributed by atoms with E-state index in [4.69, 9.17) is 12.2 Å². The van der Waals surface area contributed by atoms with Gasteiger partial charge in [-0.25, -0.2) is 4.98 Å². The molecule has 6 nitrogen and oxygen atoms in total. The highest BCUT2D eigenvalue weighted by atomic mass is 32.1. The molecule has 120 valence electrons. The summed E-state index contributed by atoms with van der Waals surface area (Å²) in [6.45, 7) is 1.82. The fourth-order valence-electron chi connectivity index (χ4n) is 2.68. The summed E-state index contributed by atoms with van der Waals surface area (Å²) >= 11 is 5.31. The Kier molecular flexibility index (Phi) is 4.09. The first kappa shape index (κ1) is 15.8. The number of aliphatic hydroxyl groups is 1. The van der Waals surface area contributed by atoms with Crippen LogP contribution in [0, 0.1) is 21.7 Å². The van der Waals surface area contributed by atoms with E-state index in [9.17, 15) is 15.2 Å². The number of aryl methyl sites for hydroxylation is 1. The van der Waals surface area contributed by atoms with Gasteiger partial charge in [-0.3, -0.25) is 14.7 Å². The van der Waals surface area contributed by atoms with Crippen molar-refractivity contribution in [1.82, 2.24) is 9.55 Å². The van der Waals surface area contributed by atoms with Crippen LogP contribution >= 0.6 is 12.2 Å². The zero-order chi connectivity index (χ0) is 17.3. The molecule has 1 N–H and O–H groups in total. The second-order valence-electron chi connectivity index (χ2n) is 5.14. The Labute approximate surface area is 142 Å². The number of hydrogen-bond donors (Lipinski definition) is 1. The van der Waals surface area contributed by atoms with Gasteiger partial charge in [-0.05, 0) is 25.1 Å². The van der Waals surface area contributed by atoms with Gasteiger partial charge >= 0.3 is 0 Å². The maximum atomic E-state index is 11.2. The molecule has 0 saturated carbocycles. The Balaban J connectivity index is 2.53. The van der Waals surface area contributed by atoms with E-state index in [1.54, 1.807) is 0 Å². The zero-order valence-corrected chi connectivity index (χ0v) is 13.5. The summed E-state index contributed by atoms with van der Waals surface area (Å²) in [5.41, 5.74) is 1.90. The van der Waals surface area contributed by atoms with Gasteiger partial charge in [0.15, 0.2) is 0 Å². The number of nitro groups is 1. The van der Waals surface area contributed by atoms with Gasteiger partial charge in [0.25, 0.3) is 5.69 Å². The van der Waals surface area contributed by atoms with Crippen LogP contribution in [0.3, 0.4) is 0 Å². The van der Waals surface area contributed by atoms with Crippen LogP contribution in [0.5, 0.6) is 0 Å². The minimum atomic E-state index is -0.490. The number of nitro benzene ring substituents is 1. The van der Waals surface area contributed by atoms with Crippen molar-refractivity contribution in [2.24, 2.45) is 0 Å². The first-order valence-corrected chi connectivity index (χ1v) is 7.51. The lowest BCUT2D eigenvalue weighted by Crippen LogP contribution is -2.07. The average Bonchev–Trinajstić information content (AvgIpc) is 2.56. The van der Waals surface area contributed by atoms with E-state index in [-0.39, 0.29) is 10.3 Å². The lowest BCUT2D eigenvalue weighted by Gasteiger charge is -2.16. The fourth-order valence-corrected chi connectivity index (χ4v) is 2.97. The Morgan fingerprint density at radius 2 is 2.00 bits per heavy atom. The number of aliphatic hydroxyl groups excluding tert-OH is 1. The van der Waals surface area contributed by atoms with Gasteiger partial charge in [0.1, 0.15) is 10.5 Å². The van der Waals surface area contributed by atoms with Crippen molar-refractivity contribution < 1.29 is 10.0 Å². The Morgan fingerprint density at radius 3 is 2.62 bits per heavy atom. The highest BCUT2D eigenvalue weighted by Gasteiger charge is 2.16. The van der Waals surface area contributed by atoms with Crippen molar-refractivity contribution >= 4 is 34.9 Å². The standard InChI is InChI=1S/C17H13N3O3S/c1-11-18-17(24)15-10-14(20(22)23)9-12(7-8-21)16(15)19(11)13-5-3-2-4-6-13/h2-10,21H,1H3. The van der Waals surface area contributed by atoms with Crippen LogP contribution in [0.2, 0.25) is 0 Å². The molecule has 3 rings (SSSR count). The van der Waals surface area contributed by atoms with Gasteiger partial charge in [-0.15, -0.1) is 0 Å². The number of non-ortho nitro benzene ring substituents is 1. The first-order chi connectivity index (χ1) is 11.5. The van der Waals surface area contributed by atoms with Gasteiger partial charge in [-0.2, -0.15) is 0 Å². The number of rotatable bonds is 3. The van der Waals surface area contributed by atoms with Gasteiger partial charge in [-0.1, -0.05) is 30.4 Å². The van der Waals surface area contributed by atoms with Crippen LogP contribution in [0.15, 0.2) is 48.7 Å². The predicted molar refractivity (Wildman–Crippen MR) is 95.0 cm³/mol. The van der Waals surface area contributed by atoms with Gasteiger partial charge in [0.05, 0.1) is 16.7 Å². The molecule has 0 aliphatic rings. The second kappa shape index (κ2) is 6.21. The van der Waals surface area contributed by atoms with Crippen LogP contribution in [0.1, 0.15) is 11.4 Å². The van der Waals surface area contributed by atoms with Crippen LogP contribution in [0.25, 0.3) is 22.7 Å². The smallest absolute Gasteiger partial charge is 0.270 e. The van der Waals surface area contributed by atoms with Crippen molar-refractivity contribution in [3.63, 3.8) is 0 Å². The molecule has 24 heavy (non-hydrogen) atoms. The van der Waals surface area contributed by atoms with E-state index in [0.29, 0.717) is 22.3 Å². The molecule has 0 aliphatic carbocycles. The Hall–Kier alpha value is -3.06. The number of fused-ring (bicyclic) bond motifs is 1. The summed E-state index contributed by atoms with van der Waals surface area (Å²) in [4.78, 5) is 15.0. The normalized spacial score (nSPS) is 11.2. The topological polar surface area (TPSA) is 81.2 Å². The third kappa shape index (κ3) is 2.65. The van der Waals surface area contributed by atoms with E-state index in [2.05, 4.69) is 4.98 Å². The molecule has 0 spiro atoms. The molecular weight excluding hydrogens is 326 g/mol. The van der Waals surface area contributed by atoms with Crippen molar-refractivity contribution in [3.05, 3.63) is 74.9 Å². The zero-order valence-electron chi connectivity index (χ0n) is 12.7. The maximum absolute atomic E-state index is 11.2. The quantitative estimate of drug-likeness (QED) is 0.329. The molecule has 0 atom stereocenters. The van der Waals surface area contributed by atoms with E-state index < -0.39 is 4.92 Å². The van der Waals surface area contributed by atoms with Crippen LogP contribution in [-0.4, -0.2) is 19.6 Å². The van der Waals surface area contributed by atoms with Crippen molar-refractivity contribution in [2.45, 2.75) is 6.92 Å². The molecule has 0 amide bonds. The van der Waals surface area contributed by atoms with Crippen LogP contribution < -0.4 is 0 Å². The van der Waals surface area contributed by atoms with Crippen molar-refractivity contribution in [1.29, 1.82) is 0 Å². The molecule has 0 unspecified atom stereocenters. The average molecular weight is 339 g/mol. The van der Waals surface area contributed by atoms with E-state index >= 15 is 0 Å². The van der Waals surface area contributed by atoms with E-state index in [1.807, 2.05) is 41.8 Å². The summed E-state index contributed by atoms with van der Waals surface area (Å²) in [7, 11) is 0. The van der Waals surface area contributed by atoms with E-state index in [1.165, 1.54) is 18.2 Å². The molecule has 0 bridgehead atoms. The lowest BCUT2D eigenvalue weighted by atomic mass is 10.1. The fraction of sp³-hybridized carbons (Fsp3) is 0.0588. The molecule has 0 aliphatic heterocycles. The molecule has 0 saturated heterocycles. The van der Waals surface area contributed by atoms with Crippen molar-refractivity contribution in [2.75, 3.05) is 0 Å². The lowest BCUT2D eigenvalue weighted by molar-refractivity contribution is -0.384. The molecule has 0 fully saturated rings. The van der Waals surface area contributed by atoms with Gasteiger partial charge in [0.2, 0.25) is 0 Å². The molecule has 1 aromatic heterocycles. The second-order valence-corrected chi connectivity index (χ2v) is 5.53. The summed E-state index contributed by atoms with van der Waals surface area (Å²) in [5, 5.41) is 20.9. The highest BCUT2D eigenvalue weighted by Crippen LogP contribution is 2.29. The highest BCUT2D eigenvalue weighted by molar-refractivity contribution is 7.71. The third-order valence-electron chi connectivity index (χ3n) is 3.64. The summed E-state index contributed by atoms with van der Waals surface area (Å²) < 4.78 is 2.15. The Bertz CT molecular complexity index is 1030. The Morgan fingerprint density at radius 1 is 1.29 bits per heavy atom. The molecule has 7 heteroatoms. The monoisotopic (exact) mass is 339 g/mol. The third-order valence-corrected chi connectivity index (χ3v) is 3.96. The predicted octanol–water partition coefficient (Wildman–Crippen LogP) is 4.50. The SMILES string of the molecule is Cc1nc(=S)c2cc([N+](=O)[O-])cc(C=CO)c2n1-c1ccccc1. The van der Waals surface area contributed by atoms with E-state index in [0.717, 1.165) is 11.9 Å². The maximum Gasteiger partial charge on any atom is 0.270 e. The van der Waals surface area contributed by atoms with Crippen LogP contribution in [0.4, 0.5) is 5.69 Å². The number of benzene rings is 2. The molecular formula is C17H13N3O3S. The molecule has 3 aromatic rings. The van der Waals surface area contributed by atoms with Crippen molar-refractivity contribution in [3.8, 4) is 5.69 Å². The number of aromatic nitrogens is 2. The first-order valence-electron chi connectivity index (χ1n) is 7.11. The van der Waals surface area contributed by atoms with Gasteiger partial charge < -0.3 is 5.11 Å². The minimum Gasteiger partial charge on any atom is -0.516 e. The summed E-state index contributed by atoms with van der Waals surface area (Å²) in [6.07, 6.45) is 2.26. The summed E-state index contributed by atoms with van der Waals surface area (Å²) in [6, 6.07) is 12.3. The van der Waals surface area contributed by atoms with Crippen LogP contribution in [-0.2, 0) is 0 Å². The number of nitrogens with zero attached hydrogens (tertiary/aromatic N) is 3. The largest absolute Gasteiger partial charge is 0.516 e. The molecule has 0 radical (unpaired) electrons.